The Labute approximate surface area is 204 Å². The molecule has 0 radical (unpaired) electrons. The summed E-state index contributed by atoms with van der Waals surface area (Å²) < 4.78 is 21.6. The number of carbonyl (C=O) groups is 3. The predicted molar refractivity (Wildman–Crippen MR) is 130 cm³/mol. The second-order valence-electron chi connectivity index (χ2n) is 7.94. The lowest BCUT2D eigenvalue weighted by molar-refractivity contribution is -0.123. The number of likely N-dealkylation sites (N-methyl/N-ethyl adjacent to an activating group) is 1. The summed E-state index contributed by atoms with van der Waals surface area (Å²) >= 11 is 0. The van der Waals surface area contributed by atoms with Crippen molar-refractivity contribution >= 4 is 17.7 Å². The Bertz CT molecular complexity index is 535. The number of carbonyl (C=O) groups excluding carboxylic acids is 3. The van der Waals surface area contributed by atoms with Crippen molar-refractivity contribution < 1.29 is 33.3 Å². The number of rotatable bonds is 23. The minimum atomic E-state index is -0.278. The number of amides is 3. The molecule has 11 nitrogen and oxygen atoms in total. The van der Waals surface area contributed by atoms with E-state index in [4.69, 9.17) is 18.9 Å². The van der Waals surface area contributed by atoms with Gasteiger partial charge in [0.15, 0.2) is 0 Å². The largest absolute Gasteiger partial charge is 0.379 e. The molecule has 4 N–H and O–H groups in total. The van der Waals surface area contributed by atoms with E-state index in [1.54, 1.807) is 7.05 Å². The Hall–Kier alpha value is -1.79. The quantitative estimate of drug-likeness (QED) is 0.145. The van der Waals surface area contributed by atoms with Crippen molar-refractivity contribution in [1.29, 1.82) is 0 Å². The first-order valence-electron chi connectivity index (χ1n) is 12.2. The van der Waals surface area contributed by atoms with E-state index in [-0.39, 0.29) is 36.1 Å². The topological polar surface area (TPSA) is 136 Å². The smallest absolute Gasteiger partial charge is 0.237 e. The van der Waals surface area contributed by atoms with Gasteiger partial charge in [-0.05, 0) is 12.3 Å². The fourth-order valence-electron chi connectivity index (χ4n) is 2.81. The normalized spacial score (nSPS) is 11.9. The molecule has 0 fully saturated rings. The van der Waals surface area contributed by atoms with E-state index in [9.17, 15) is 14.4 Å². The summed E-state index contributed by atoms with van der Waals surface area (Å²) in [6, 6.07) is -0.278. The third-order valence-corrected chi connectivity index (χ3v) is 4.64. The van der Waals surface area contributed by atoms with Crippen LogP contribution in [0.5, 0.6) is 0 Å². The molecule has 0 aromatic heterocycles. The van der Waals surface area contributed by atoms with Gasteiger partial charge in [0, 0.05) is 39.5 Å². The molecule has 11 heteroatoms. The Kier molecular flexibility index (Phi) is 21.8. The Morgan fingerprint density at radius 3 is 1.71 bits per heavy atom. The zero-order valence-corrected chi connectivity index (χ0v) is 21.4. The SMILES string of the molecule is CCCC(=O)NCCOCCOCCOCCOCCC(=O)NCCN[C@H](C(=O)NC)C(C)C. The van der Waals surface area contributed by atoms with Crippen LogP contribution >= 0.6 is 0 Å². The third kappa shape index (κ3) is 19.7. The molecule has 0 saturated heterocycles. The maximum absolute atomic E-state index is 11.8. The number of nitrogens with one attached hydrogen (secondary N) is 4. The molecule has 0 aliphatic carbocycles. The van der Waals surface area contributed by atoms with Crippen LogP contribution in [0.4, 0.5) is 0 Å². The van der Waals surface area contributed by atoms with Gasteiger partial charge < -0.3 is 40.2 Å². The van der Waals surface area contributed by atoms with Crippen molar-refractivity contribution in [3.05, 3.63) is 0 Å². The summed E-state index contributed by atoms with van der Waals surface area (Å²) in [4.78, 5) is 34.8. The minimum absolute atomic E-state index is 0.0510. The van der Waals surface area contributed by atoms with E-state index in [0.717, 1.165) is 6.42 Å². The number of hydrogen-bond acceptors (Lipinski definition) is 8. The van der Waals surface area contributed by atoms with Gasteiger partial charge in [0.1, 0.15) is 0 Å². The molecule has 0 aliphatic heterocycles. The zero-order valence-electron chi connectivity index (χ0n) is 21.4. The molecule has 0 aromatic rings. The highest BCUT2D eigenvalue weighted by Gasteiger charge is 2.19. The van der Waals surface area contributed by atoms with E-state index in [1.807, 2.05) is 20.8 Å². The molecule has 0 bridgehead atoms. The molecule has 0 aromatic carbocycles. The van der Waals surface area contributed by atoms with E-state index in [0.29, 0.717) is 78.9 Å². The average Bonchev–Trinajstić information content (AvgIpc) is 2.80. The average molecular weight is 491 g/mol. The molecule has 0 rings (SSSR count). The Morgan fingerprint density at radius 2 is 1.18 bits per heavy atom. The van der Waals surface area contributed by atoms with Gasteiger partial charge in [-0.1, -0.05) is 20.8 Å². The standard InChI is InChI=1S/C23H46N4O7/c1-5-6-20(28)26-10-12-32-14-16-34-18-17-33-15-13-31-11-7-21(29)25-8-9-27-22(19(2)3)23(30)24-4/h19,22,27H,5-18H2,1-4H3,(H,24,30)(H,25,29)(H,26,28)/t22-/m0/s1. The van der Waals surface area contributed by atoms with Crippen molar-refractivity contribution in [2.45, 2.75) is 46.1 Å². The molecule has 0 unspecified atom stereocenters. The van der Waals surface area contributed by atoms with Gasteiger partial charge in [-0.25, -0.2) is 0 Å². The summed E-state index contributed by atoms with van der Waals surface area (Å²) in [6.07, 6.45) is 1.66. The van der Waals surface area contributed by atoms with Crippen LogP contribution in [0.25, 0.3) is 0 Å². The van der Waals surface area contributed by atoms with E-state index in [1.165, 1.54) is 0 Å². The second-order valence-corrected chi connectivity index (χ2v) is 7.94. The monoisotopic (exact) mass is 490 g/mol. The van der Waals surface area contributed by atoms with Crippen LogP contribution in [0.1, 0.15) is 40.0 Å². The fourth-order valence-corrected chi connectivity index (χ4v) is 2.81. The van der Waals surface area contributed by atoms with Crippen molar-refractivity contribution in [1.82, 2.24) is 21.3 Å². The van der Waals surface area contributed by atoms with Crippen LogP contribution < -0.4 is 21.3 Å². The molecule has 3 amide bonds. The first-order valence-corrected chi connectivity index (χ1v) is 12.2. The van der Waals surface area contributed by atoms with Crippen LogP contribution in [-0.4, -0.2) is 103 Å². The molecular formula is C23H46N4O7. The molecule has 0 spiro atoms. The molecular weight excluding hydrogens is 444 g/mol. The van der Waals surface area contributed by atoms with E-state index in [2.05, 4.69) is 21.3 Å². The third-order valence-electron chi connectivity index (χ3n) is 4.64. The van der Waals surface area contributed by atoms with Gasteiger partial charge in [-0.2, -0.15) is 0 Å². The predicted octanol–water partition coefficient (Wildman–Crippen LogP) is -0.164. The van der Waals surface area contributed by atoms with Gasteiger partial charge in [-0.15, -0.1) is 0 Å². The number of hydrogen-bond donors (Lipinski definition) is 4. The van der Waals surface area contributed by atoms with Crippen molar-refractivity contribution in [2.75, 3.05) is 79.5 Å². The lowest BCUT2D eigenvalue weighted by Gasteiger charge is -2.20. The van der Waals surface area contributed by atoms with Gasteiger partial charge in [0.05, 0.1) is 58.9 Å². The van der Waals surface area contributed by atoms with Gasteiger partial charge >= 0.3 is 0 Å². The number of ether oxygens (including phenoxy) is 4. The van der Waals surface area contributed by atoms with Crippen molar-refractivity contribution in [3.63, 3.8) is 0 Å². The lowest BCUT2D eigenvalue weighted by atomic mass is 10.0. The fraction of sp³-hybridized carbons (Fsp3) is 0.870. The highest BCUT2D eigenvalue weighted by molar-refractivity contribution is 5.81. The first kappa shape index (κ1) is 32.2. The van der Waals surface area contributed by atoms with Crippen LogP contribution in [0.2, 0.25) is 0 Å². The summed E-state index contributed by atoms with van der Waals surface area (Å²) in [5.41, 5.74) is 0. The molecule has 34 heavy (non-hydrogen) atoms. The molecule has 0 saturated carbocycles. The van der Waals surface area contributed by atoms with Crippen LogP contribution in [0.15, 0.2) is 0 Å². The maximum atomic E-state index is 11.8. The summed E-state index contributed by atoms with van der Waals surface area (Å²) in [5.74, 6) is 0.0600. The lowest BCUT2D eigenvalue weighted by Crippen LogP contribution is -2.48. The molecule has 1 atom stereocenters. The molecule has 0 heterocycles. The summed E-state index contributed by atoms with van der Waals surface area (Å²) in [5, 5.41) is 11.4. The van der Waals surface area contributed by atoms with E-state index >= 15 is 0 Å². The zero-order chi connectivity index (χ0) is 25.4. The molecule has 200 valence electrons. The summed E-state index contributed by atoms with van der Waals surface area (Å²) in [7, 11) is 1.61. The van der Waals surface area contributed by atoms with Crippen molar-refractivity contribution in [3.8, 4) is 0 Å². The Morgan fingerprint density at radius 1 is 0.676 bits per heavy atom. The van der Waals surface area contributed by atoms with Crippen molar-refractivity contribution in [2.24, 2.45) is 5.92 Å². The Balaban J connectivity index is 3.38. The van der Waals surface area contributed by atoms with Gasteiger partial charge in [0.25, 0.3) is 0 Å². The maximum Gasteiger partial charge on any atom is 0.237 e. The van der Waals surface area contributed by atoms with E-state index < -0.39 is 0 Å². The highest BCUT2D eigenvalue weighted by Crippen LogP contribution is 2.00. The minimum Gasteiger partial charge on any atom is -0.379 e. The summed E-state index contributed by atoms with van der Waals surface area (Å²) in [6.45, 7) is 10.9. The first-order chi connectivity index (χ1) is 16.4. The van der Waals surface area contributed by atoms with Crippen LogP contribution in [0.3, 0.4) is 0 Å². The van der Waals surface area contributed by atoms with Gasteiger partial charge in [-0.3, -0.25) is 14.4 Å². The highest BCUT2D eigenvalue weighted by atomic mass is 16.6. The second kappa shape index (κ2) is 23.0. The molecule has 0 aliphatic rings. The van der Waals surface area contributed by atoms with Gasteiger partial charge in [0.2, 0.25) is 17.7 Å². The van der Waals surface area contributed by atoms with Crippen LogP contribution in [-0.2, 0) is 33.3 Å². The van der Waals surface area contributed by atoms with Crippen LogP contribution in [0, 0.1) is 5.92 Å².